The zero-order chi connectivity index (χ0) is 17.7. The van der Waals surface area contributed by atoms with Crippen molar-refractivity contribution in [1.82, 2.24) is 0 Å². The first-order chi connectivity index (χ1) is 8.94. The molecule has 0 saturated carbocycles. The SMILES string of the molecule is CCOC(=O)C(F)(F)I.O=S(=O)(F)OC(F)(F)C(F)(F)I. The predicted octanol–water partition coefficient (Wildman–Crippen LogP) is 3.42. The Hall–Kier alpha value is 0.350. The summed E-state index contributed by atoms with van der Waals surface area (Å²) >= 11 is 0.638. The minimum absolute atomic E-state index is 0.0164. The van der Waals surface area contributed by atoms with Crippen molar-refractivity contribution in [3.8, 4) is 0 Å². The molecular weight excluding hydrogens is 571 g/mol. The second-order valence-electron chi connectivity index (χ2n) is 2.71. The summed E-state index contributed by atoms with van der Waals surface area (Å²) in [6.07, 6.45) is -5.39. The Balaban J connectivity index is 0. The predicted molar refractivity (Wildman–Crippen MR) is 70.6 cm³/mol. The second-order valence-corrected chi connectivity index (χ2v) is 6.37. The number of hydrogen-bond donors (Lipinski definition) is 0. The largest absolute Gasteiger partial charge is 0.461 e. The molecule has 0 bridgehead atoms. The quantitative estimate of drug-likeness (QED) is 0.165. The molecule has 21 heavy (non-hydrogen) atoms. The summed E-state index contributed by atoms with van der Waals surface area (Å²) < 4.78 is 98.9. The van der Waals surface area contributed by atoms with Crippen LogP contribution in [-0.2, 0) is 24.2 Å². The van der Waals surface area contributed by atoms with Gasteiger partial charge in [-0.25, -0.2) is 4.79 Å². The molecule has 0 amide bonds. The zero-order valence-corrected chi connectivity index (χ0v) is 14.7. The number of carbonyl (C=O) groups excluding carboxylic acids is 1. The molecule has 0 aromatic heterocycles. The van der Waals surface area contributed by atoms with E-state index < -0.39 is 30.4 Å². The molecule has 0 aliphatic carbocycles. The van der Waals surface area contributed by atoms with Gasteiger partial charge in [-0.3, -0.25) is 0 Å². The molecule has 0 saturated heterocycles. The van der Waals surface area contributed by atoms with Gasteiger partial charge in [0.2, 0.25) is 0 Å². The van der Waals surface area contributed by atoms with Crippen LogP contribution in [-0.4, -0.2) is 35.0 Å². The van der Waals surface area contributed by atoms with Gasteiger partial charge < -0.3 is 4.74 Å². The van der Waals surface area contributed by atoms with E-state index in [-0.39, 0.29) is 29.2 Å². The van der Waals surface area contributed by atoms with Gasteiger partial charge in [-0.15, -0.1) is 0 Å². The molecule has 0 unspecified atom stereocenters. The lowest BCUT2D eigenvalue weighted by Crippen LogP contribution is -2.38. The highest BCUT2D eigenvalue weighted by molar-refractivity contribution is 14.1. The number of halogens is 9. The van der Waals surface area contributed by atoms with E-state index in [0.29, 0.717) is 0 Å². The zero-order valence-electron chi connectivity index (χ0n) is 9.56. The molecule has 0 N–H and O–H groups in total. The van der Waals surface area contributed by atoms with Crippen LogP contribution in [0.15, 0.2) is 0 Å². The Bertz CT molecular complexity index is 443. The van der Waals surface area contributed by atoms with Gasteiger partial charge in [-0.2, -0.15) is 38.9 Å². The van der Waals surface area contributed by atoms with Crippen LogP contribution in [0.2, 0.25) is 0 Å². The molecule has 0 fully saturated rings. The van der Waals surface area contributed by atoms with Gasteiger partial charge in [0.15, 0.2) is 0 Å². The topological polar surface area (TPSA) is 69.7 Å². The maximum atomic E-state index is 11.8. The average Bonchev–Trinajstić information content (AvgIpc) is 2.11. The van der Waals surface area contributed by atoms with E-state index in [9.17, 15) is 43.4 Å². The van der Waals surface area contributed by atoms with Crippen molar-refractivity contribution >= 4 is 61.7 Å². The van der Waals surface area contributed by atoms with Crippen molar-refractivity contribution in [2.75, 3.05) is 6.61 Å². The third-order valence-corrected chi connectivity index (χ3v) is 2.52. The van der Waals surface area contributed by atoms with Crippen LogP contribution in [0.1, 0.15) is 6.92 Å². The Morgan fingerprint density at radius 2 is 1.48 bits per heavy atom. The highest BCUT2D eigenvalue weighted by Crippen LogP contribution is 2.41. The van der Waals surface area contributed by atoms with Gasteiger partial charge in [-0.05, 0) is 6.92 Å². The monoisotopic (exact) mass is 576 g/mol. The summed E-state index contributed by atoms with van der Waals surface area (Å²) in [7, 11) is -6.10. The fourth-order valence-corrected chi connectivity index (χ4v) is 1.16. The third kappa shape index (κ3) is 11.6. The van der Waals surface area contributed by atoms with Crippen molar-refractivity contribution < 1.29 is 52.4 Å². The van der Waals surface area contributed by atoms with Crippen molar-refractivity contribution in [3.05, 3.63) is 0 Å². The third-order valence-electron chi connectivity index (χ3n) is 1.04. The molecule has 15 heteroatoms. The average molecular weight is 576 g/mol. The van der Waals surface area contributed by atoms with E-state index in [1.165, 1.54) is 6.92 Å². The fourth-order valence-electron chi connectivity index (χ4n) is 0.385. The Kier molecular flexibility index (Phi) is 9.30. The molecule has 0 aromatic rings. The highest BCUT2D eigenvalue weighted by Gasteiger charge is 2.59. The normalized spacial score (nSPS) is 13.2. The molecule has 0 aromatic carbocycles. The van der Waals surface area contributed by atoms with E-state index in [1.807, 2.05) is 0 Å². The van der Waals surface area contributed by atoms with Crippen LogP contribution in [0.4, 0.5) is 30.2 Å². The van der Waals surface area contributed by atoms with Gasteiger partial charge in [-0.1, -0.05) is 3.89 Å². The number of esters is 1. The van der Waals surface area contributed by atoms with E-state index in [1.54, 1.807) is 0 Å². The lowest BCUT2D eigenvalue weighted by Gasteiger charge is -2.17. The number of hydrogen-bond acceptors (Lipinski definition) is 5. The van der Waals surface area contributed by atoms with E-state index >= 15 is 0 Å². The summed E-state index contributed by atoms with van der Waals surface area (Å²) in [5.41, 5.74) is 0. The molecule has 5 nitrogen and oxygen atoms in total. The molecule has 0 heterocycles. The lowest BCUT2D eigenvalue weighted by molar-refractivity contribution is -0.260. The van der Waals surface area contributed by atoms with Crippen LogP contribution >= 0.6 is 45.2 Å². The molecular formula is C6H5F7I2O5S. The van der Waals surface area contributed by atoms with Crippen LogP contribution < -0.4 is 0 Å². The van der Waals surface area contributed by atoms with E-state index in [4.69, 9.17) is 0 Å². The van der Waals surface area contributed by atoms with E-state index in [2.05, 4.69) is 8.92 Å². The van der Waals surface area contributed by atoms with Crippen molar-refractivity contribution in [2.45, 2.75) is 20.9 Å². The minimum Gasteiger partial charge on any atom is -0.461 e. The number of rotatable bonds is 5. The van der Waals surface area contributed by atoms with Crippen LogP contribution in [0.5, 0.6) is 0 Å². The van der Waals surface area contributed by atoms with Crippen molar-refractivity contribution in [3.63, 3.8) is 0 Å². The molecule has 0 spiro atoms. The highest BCUT2D eigenvalue weighted by atomic mass is 127. The maximum absolute atomic E-state index is 11.8. The Labute approximate surface area is 141 Å². The van der Waals surface area contributed by atoms with Crippen molar-refractivity contribution in [2.24, 2.45) is 0 Å². The van der Waals surface area contributed by atoms with Gasteiger partial charge in [0, 0.05) is 45.2 Å². The molecule has 128 valence electrons. The first-order valence-electron chi connectivity index (χ1n) is 4.27. The molecule has 0 rings (SSSR count). The second kappa shape index (κ2) is 8.27. The molecule has 0 aliphatic rings. The van der Waals surface area contributed by atoms with Gasteiger partial charge in [0.25, 0.3) is 0 Å². The maximum Gasteiger partial charge on any atom is 0.445 e. The summed E-state index contributed by atoms with van der Waals surface area (Å²) in [4.78, 5) is 10.1. The fraction of sp³-hybridized carbons (Fsp3) is 0.833. The molecule has 0 radical (unpaired) electrons. The number of alkyl halides is 8. The Morgan fingerprint density at radius 3 is 1.57 bits per heavy atom. The van der Waals surface area contributed by atoms with Crippen molar-refractivity contribution in [1.29, 1.82) is 0 Å². The van der Waals surface area contributed by atoms with Gasteiger partial charge in [0.05, 0.1) is 6.61 Å². The molecule has 0 atom stereocenters. The first-order valence-corrected chi connectivity index (χ1v) is 7.74. The summed E-state index contributed by atoms with van der Waals surface area (Å²) in [5.74, 6) is -1.48. The van der Waals surface area contributed by atoms with E-state index in [0.717, 1.165) is 22.6 Å². The molecule has 0 aliphatic heterocycles. The minimum atomic E-state index is -6.10. The van der Waals surface area contributed by atoms with Gasteiger partial charge in [0.1, 0.15) is 0 Å². The summed E-state index contributed by atoms with van der Waals surface area (Å²) in [6, 6.07) is 0. The smallest absolute Gasteiger partial charge is 0.445 e. The van der Waals surface area contributed by atoms with Crippen LogP contribution in [0, 0.1) is 0 Å². The summed E-state index contributed by atoms with van der Waals surface area (Å²) in [6.45, 7) is 1.46. The number of ether oxygens (including phenoxy) is 1. The standard InChI is InChI=1S/C4H5F2IO2.C2F5IO3S/c1-2-9-3(8)4(5,6)7;3-1(4,8)2(5,6)11-12(7,9)10/h2H2,1H3;. The van der Waals surface area contributed by atoms with Crippen LogP contribution in [0.25, 0.3) is 0 Å². The lowest BCUT2D eigenvalue weighted by atomic mass is 10.7. The van der Waals surface area contributed by atoms with Crippen LogP contribution in [0.3, 0.4) is 0 Å². The Morgan fingerprint density at radius 1 is 1.10 bits per heavy atom. The number of carbonyl (C=O) groups is 1. The first kappa shape index (κ1) is 23.6. The van der Waals surface area contributed by atoms with Gasteiger partial charge >= 0.3 is 30.4 Å². The summed E-state index contributed by atoms with van der Waals surface area (Å²) in [5, 5.41) is 0.